The molecule has 9 nitrogen and oxygen atoms in total. The molecule has 0 saturated heterocycles. The Bertz CT molecular complexity index is 1220. The molecular formula is C22H21ClN8O. The minimum atomic E-state index is -0.144. The number of aromatic amines is 1. The first kappa shape index (κ1) is 21.3. The van der Waals surface area contributed by atoms with Crippen LogP contribution in [0.1, 0.15) is 17.1 Å². The lowest BCUT2D eigenvalue weighted by Gasteiger charge is -2.08. The van der Waals surface area contributed by atoms with Crippen LogP contribution >= 0.6 is 11.6 Å². The summed E-state index contributed by atoms with van der Waals surface area (Å²) in [5, 5.41) is 16.7. The van der Waals surface area contributed by atoms with Gasteiger partial charge < -0.3 is 16.0 Å². The molecule has 2 heterocycles. The number of benzene rings is 2. The zero-order chi connectivity index (χ0) is 22.5. The number of hydrogen-bond donors (Lipinski definition) is 4. The summed E-state index contributed by atoms with van der Waals surface area (Å²) in [5.41, 5.74) is 3.34. The van der Waals surface area contributed by atoms with E-state index in [0.29, 0.717) is 34.3 Å². The van der Waals surface area contributed by atoms with Gasteiger partial charge in [0, 0.05) is 28.2 Å². The third kappa shape index (κ3) is 5.79. The first-order valence-electron chi connectivity index (χ1n) is 9.86. The molecular weight excluding hydrogens is 428 g/mol. The van der Waals surface area contributed by atoms with Crippen molar-refractivity contribution in [3.8, 4) is 0 Å². The lowest BCUT2D eigenvalue weighted by atomic mass is 10.2. The van der Waals surface area contributed by atoms with Crippen LogP contribution in [0.5, 0.6) is 0 Å². The van der Waals surface area contributed by atoms with Gasteiger partial charge in [-0.2, -0.15) is 20.1 Å². The van der Waals surface area contributed by atoms with Crippen LogP contribution in [0.3, 0.4) is 0 Å². The molecule has 0 aliphatic carbocycles. The fourth-order valence-electron chi connectivity index (χ4n) is 2.90. The van der Waals surface area contributed by atoms with Crippen LogP contribution in [0.15, 0.2) is 54.6 Å². The molecule has 0 fully saturated rings. The van der Waals surface area contributed by atoms with Gasteiger partial charge >= 0.3 is 0 Å². The Morgan fingerprint density at radius 2 is 1.56 bits per heavy atom. The number of aryl methyl sites for hydroxylation is 2. The van der Waals surface area contributed by atoms with Gasteiger partial charge in [-0.1, -0.05) is 29.3 Å². The van der Waals surface area contributed by atoms with E-state index in [-0.39, 0.29) is 12.3 Å². The molecule has 10 heteroatoms. The monoisotopic (exact) mass is 448 g/mol. The van der Waals surface area contributed by atoms with E-state index in [1.165, 1.54) is 0 Å². The van der Waals surface area contributed by atoms with Crippen molar-refractivity contribution in [2.75, 3.05) is 16.0 Å². The number of halogens is 1. The molecule has 0 spiro atoms. The van der Waals surface area contributed by atoms with E-state index in [2.05, 4.69) is 41.1 Å². The molecule has 0 aliphatic heterocycles. The van der Waals surface area contributed by atoms with Crippen molar-refractivity contribution in [3.05, 3.63) is 76.7 Å². The third-order valence-electron chi connectivity index (χ3n) is 4.40. The third-order valence-corrected chi connectivity index (χ3v) is 4.66. The number of hydrogen-bond acceptors (Lipinski definition) is 7. The van der Waals surface area contributed by atoms with Gasteiger partial charge in [0.15, 0.2) is 5.82 Å². The summed E-state index contributed by atoms with van der Waals surface area (Å²) in [5.74, 6) is 1.60. The molecule has 2 aromatic carbocycles. The second-order valence-corrected chi connectivity index (χ2v) is 7.59. The number of aromatic nitrogens is 5. The summed E-state index contributed by atoms with van der Waals surface area (Å²) in [6.45, 7) is 3.76. The minimum absolute atomic E-state index is 0.144. The molecule has 4 rings (SSSR count). The van der Waals surface area contributed by atoms with Gasteiger partial charge in [0.25, 0.3) is 0 Å². The summed E-state index contributed by atoms with van der Waals surface area (Å²) < 4.78 is 0. The predicted octanol–water partition coefficient (Wildman–Crippen LogP) is 4.53. The van der Waals surface area contributed by atoms with E-state index in [9.17, 15) is 4.79 Å². The normalized spacial score (nSPS) is 10.6. The standard InChI is InChI=1S/C22H21ClN8O/c1-13-3-7-16(8-4-13)26-20(32)12-18-11-19(31-30-18)28-22-25-14(2)24-21(29-22)27-17-9-5-15(23)6-10-17/h3-11H,12H2,1-2H3,(H,26,32)(H3,24,25,27,28,29,30,31). The van der Waals surface area contributed by atoms with E-state index in [0.717, 1.165) is 16.9 Å². The Balaban J connectivity index is 1.39. The fourth-order valence-corrected chi connectivity index (χ4v) is 3.03. The average Bonchev–Trinajstić information content (AvgIpc) is 3.17. The Morgan fingerprint density at radius 3 is 2.28 bits per heavy atom. The maximum Gasteiger partial charge on any atom is 0.233 e. The minimum Gasteiger partial charge on any atom is -0.326 e. The van der Waals surface area contributed by atoms with Crippen molar-refractivity contribution in [3.63, 3.8) is 0 Å². The van der Waals surface area contributed by atoms with E-state index in [1.807, 2.05) is 43.3 Å². The molecule has 0 aliphatic rings. The first-order chi connectivity index (χ1) is 15.4. The van der Waals surface area contributed by atoms with Crippen molar-refractivity contribution in [1.29, 1.82) is 0 Å². The second kappa shape index (κ2) is 9.44. The van der Waals surface area contributed by atoms with Gasteiger partial charge in [-0.15, -0.1) is 0 Å². The molecule has 4 aromatic rings. The number of carbonyl (C=O) groups is 1. The second-order valence-electron chi connectivity index (χ2n) is 7.16. The molecule has 0 saturated carbocycles. The average molecular weight is 449 g/mol. The Kier molecular flexibility index (Phi) is 6.27. The SMILES string of the molecule is Cc1ccc(NC(=O)Cc2cc(Nc3nc(C)nc(Nc4ccc(Cl)cc4)n3)n[nH]2)cc1. The van der Waals surface area contributed by atoms with Crippen LogP contribution in [0.4, 0.5) is 29.1 Å². The van der Waals surface area contributed by atoms with Crippen molar-refractivity contribution in [1.82, 2.24) is 25.1 Å². The van der Waals surface area contributed by atoms with Gasteiger partial charge in [0.2, 0.25) is 17.8 Å². The number of H-pyrrole nitrogens is 1. The van der Waals surface area contributed by atoms with Crippen molar-refractivity contribution < 1.29 is 4.79 Å². The van der Waals surface area contributed by atoms with Gasteiger partial charge in [-0.3, -0.25) is 9.89 Å². The van der Waals surface area contributed by atoms with Crippen LogP contribution in [0.25, 0.3) is 0 Å². The lowest BCUT2D eigenvalue weighted by Crippen LogP contribution is -2.14. The largest absolute Gasteiger partial charge is 0.326 e. The summed E-state index contributed by atoms with van der Waals surface area (Å²) in [7, 11) is 0. The molecule has 0 radical (unpaired) electrons. The Hall–Kier alpha value is -3.98. The highest BCUT2D eigenvalue weighted by Crippen LogP contribution is 2.19. The Morgan fingerprint density at radius 1 is 0.906 bits per heavy atom. The van der Waals surface area contributed by atoms with Gasteiger partial charge in [-0.05, 0) is 50.2 Å². The Labute approximate surface area is 189 Å². The zero-order valence-corrected chi connectivity index (χ0v) is 18.2. The molecule has 1 amide bonds. The van der Waals surface area contributed by atoms with E-state index >= 15 is 0 Å². The van der Waals surface area contributed by atoms with Crippen LogP contribution in [0.2, 0.25) is 5.02 Å². The maximum atomic E-state index is 12.3. The summed E-state index contributed by atoms with van der Waals surface area (Å²) in [4.78, 5) is 25.2. The van der Waals surface area contributed by atoms with E-state index in [1.54, 1.807) is 25.1 Å². The molecule has 0 unspecified atom stereocenters. The highest BCUT2D eigenvalue weighted by atomic mass is 35.5. The summed E-state index contributed by atoms with van der Waals surface area (Å²) in [6.07, 6.45) is 0.155. The lowest BCUT2D eigenvalue weighted by molar-refractivity contribution is -0.115. The van der Waals surface area contributed by atoms with Crippen molar-refractivity contribution >= 4 is 46.6 Å². The highest BCUT2D eigenvalue weighted by molar-refractivity contribution is 6.30. The number of nitrogens with one attached hydrogen (secondary N) is 4. The van der Waals surface area contributed by atoms with Gasteiger partial charge in [0.1, 0.15) is 5.82 Å². The fraction of sp³-hybridized carbons (Fsp3) is 0.136. The number of amides is 1. The van der Waals surface area contributed by atoms with Crippen LogP contribution < -0.4 is 16.0 Å². The van der Waals surface area contributed by atoms with E-state index in [4.69, 9.17) is 11.6 Å². The van der Waals surface area contributed by atoms with Gasteiger partial charge in [-0.25, -0.2) is 0 Å². The quantitative estimate of drug-likeness (QED) is 0.327. The molecule has 0 bridgehead atoms. The number of nitrogens with zero attached hydrogens (tertiary/aromatic N) is 4. The highest BCUT2D eigenvalue weighted by Gasteiger charge is 2.10. The molecule has 32 heavy (non-hydrogen) atoms. The van der Waals surface area contributed by atoms with Crippen LogP contribution in [-0.4, -0.2) is 31.1 Å². The summed E-state index contributed by atoms with van der Waals surface area (Å²) >= 11 is 5.92. The molecule has 162 valence electrons. The topological polar surface area (TPSA) is 121 Å². The van der Waals surface area contributed by atoms with Crippen LogP contribution in [0, 0.1) is 13.8 Å². The zero-order valence-electron chi connectivity index (χ0n) is 17.5. The van der Waals surface area contributed by atoms with Crippen molar-refractivity contribution in [2.45, 2.75) is 20.3 Å². The van der Waals surface area contributed by atoms with Crippen molar-refractivity contribution in [2.24, 2.45) is 0 Å². The first-order valence-corrected chi connectivity index (χ1v) is 10.2. The smallest absolute Gasteiger partial charge is 0.233 e. The predicted molar refractivity (Wildman–Crippen MR) is 125 cm³/mol. The van der Waals surface area contributed by atoms with Gasteiger partial charge in [0.05, 0.1) is 6.42 Å². The number of anilines is 5. The maximum absolute atomic E-state index is 12.3. The molecule has 2 aromatic heterocycles. The van der Waals surface area contributed by atoms with Crippen LogP contribution in [-0.2, 0) is 11.2 Å². The summed E-state index contributed by atoms with van der Waals surface area (Å²) in [6, 6.07) is 16.6. The van der Waals surface area contributed by atoms with E-state index < -0.39 is 0 Å². The number of rotatable bonds is 7. The molecule has 4 N–H and O–H groups in total. The molecule has 0 atom stereocenters. The number of carbonyl (C=O) groups excluding carboxylic acids is 1.